The van der Waals surface area contributed by atoms with Crippen molar-refractivity contribution in [2.24, 2.45) is 0 Å². The summed E-state index contributed by atoms with van der Waals surface area (Å²) in [6, 6.07) is 3.59. The minimum atomic E-state index is -0.714. The summed E-state index contributed by atoms with van der Waals surface area (Å²) < 4.78 is 5.99. The Morgan fingerprint density at radius 1 is 1.56 bits per heavy atom. The third kappa shape index (κ3) is 1.45. The normalized spacial score (nSPS) is 22.6. The predicted octanol–water partition coefficient (Wildman–Crippen LogP) is 3.01. The molecule has 1 aromatic rings. The second-order valence-corrected chi connectivity index (χ2v) is 4.75. The zero-order valence-corrected chi connectivity index (χ0v) is 10.7. The molecular formula is C12H12BrNO2. The Hall–Kier alpha value is -1.29. The Bertz CT molecular complexity index is 484. The van der Waals surface area contributed by atoms with Gasteiger partial charge in [0.05, 0.1) is 11.6 Å². The quantitative estimate of drug-likeness (QED) is 0.847. The molecule has 0 saturated carbocycles. The maximum Gasteiger partial charge on any atom is 0.194 e. The topological polar surface area (TPSA) is 38.3 Å². The first kappa shape index (κ1) is 11.2. The van der Waals surface area contributed by atoms with Gasteiger partial charge in [-0.25, -0.2) is 0 Å². The van der Waals surface area contributed by atoms with Gasteiger partial charge in [-0.3, -0.25) is 4.79 Å². The van der Waals surface area contributed by atoms with Crippen LogP contribution < -0.4 is 10.1 Å². The van der Waals surface area contributed by atoms with Gasteiger partial charge in [-0.15, -0.1) is 6.58 Å². The molecule has 1 heterocycles. The van der Waals surface area contributed by atoms with Crippen molar-refractivity contribution < 1.29 is 9.53 Å². The van der Waals surface area contributed by atoms with Crippen LogP contribution in [0.5, 0.6) is 5.75 Å². The number of carbonyl (C=O) groups excluding carboxylic acids is 1. The van der Waals surface area contributed by atoms with E-state index in [4.69, 9.17) is 4.74 Å². The van der Waals surface area contributed by atoms with E-state index in [-0.39, 0.29) is 5.78 Å². The first-order valence-electron chi connectivity index (χ1n) is 4.86. The van der Waals surface area contributed by atoms with E-state index in [1.165, 1.54) is 0 Å². The van der Waals surface area contributed by atoms with Crippen LogP contribution in [-0.4, -0.2) is 18.4 Å². The van der Waals surface area contributed by atoms with Gasteiger partial charge in [0, 0.05) is 11.3 Å². The summed E-state index contributed by atoms with van der Waals surface area (Å²) in [5.74, 6) is 0.672. The van der Waals surface area contributed by atoms with E-state index >= 15 is 0 Å². The van der Waals surface area contributed by atoms with Crippen LogP contribution in [0.15, 0.2) is 29.3 Å². The highest BCUT2D eigenvalue weighted by atomic mass is 79.9. The molecule has 1 N–H and O–H groups in total. The van der Waals surface area contributed by atoms with Crippen LogP contribution in [0, 0.1) is 0 Å². The Balaban J connectivity index is 2.57. The van der Waals surface area contributed by atoms with Crippen LogP contribution in [0.2, 0.25) is 0 Å². The third-order valence-corrected chi connectivity index (χ3v) is 3.43. The molecule has 3 nitrogen and oxygen atoms in total. The van der Waals surface area contributed by atoms with Gasteiger partial charge >= 0.3 is 0 Å². The van der Waals surface area contributed by atoms with Crippen molar-refractivity contribution >= 4 is 27.4 Å². The van der Waals surface area contributed by atoms with E-state index in [1.54, 1.807) is 19.3 Å². The molecule has 84 valence electrons. The molecule has 1 aliphatic heterocycles. The number of hydrogen-bond donors (Lipinski definition) is 1. The molecule has 1 aromatic carbocycles. The molecule has 0 amide bonds. The summed E-state index contributed by atoms with van der Waals surface area (Å²) in [6.45, 7) is 5.49. The number of rotatable bonds is 2. The average Bonchev–Trinajstić information content (AvgIpc) is 2.51. The van der Waals surface area contributed by atoms with Gasteiger partial charge in [-0.2, -0.15) is 0 Å². The van der Waals surface area contributed by atoms with Crippen molar-refractivity contribution in [3.8, 4) is 5.75 Å². The number of carbonyl (C=O) groups is 1. The number of anilines is 1. The van der Waals surface area contributed by atoms with Crippen molar-refractivity contribution in [3.05, 3.63) is 34.8 Å². The van der Waals surface area contributed by atoms with E-state index in [9.17, 15) is 4.79 Å². The van der Waals surface area contributed by atoms with E-state index in [0.29, 0.717) is 11.3 Å². The van der Waals surface area contributed by atoms with Gasteiger partial charge in [0.2, 0.25) is 0 Å². The number of benzene rings is 1. The lowest BCUT2D eigenvalue weighted by molar-refractivity contribution is 0.0954. The van der Waals surface area contributed by atoms with E-state index in [2.05, 4.69) is 27.8 Å². The van der Waals surface area contributed by atoms with Gasteiger partial charge in [0.15, 0.2) is 5.78 Å². The molecular weight excluding hydrogens is 270 g/mol. The standard InChI is InChI=1S/C12H12BrNO2/c1-4-12(2)11(15)7-5-10(16-3)8(13)6-9(7)14-12/h4-6,14H,1H2,2-3H3. The number of ketones is 1. The largest absolute Gasteiger partial charge is 0.496 e. The molecule has 2 rings (SSSR count). The Morgan fingerprint density at radius 2 is 2.25 bits per heavy atom. The molecule has 1 unspecified atom stereocenters. The highest BCUT2D eigenvalue weighted by molar-refractivity contribution is 9.10. The number of hydrogen-bond acceptors (Lipinski definition) is 3. The van der Waals surface area contributed by atoms with E-state index < -0.39 is 5.54 Å². The second kappa shape index (κ2) is 3.63. The monoisotopic (exact) mass is 281 g/mol. The van der Waals surface area contributed by atoms with Crippen molar-refractivity contribution in [2.75, 3.05) is 12.4 Å². The van der Waals surface area contributed by atoms with Crippen LogP contribution in [0.25, 0.3) is 0 Å². The van der Waals surface area contributed by atoms with Gasteiger partial charge in [-0.05, 0) is 35.0 Å². The zero-order valence-electron chi connectivity index (χ0n) is 9.13. The lowest BCUT2D eigenvalue weighted by atomic mass is 9.96. The number of Topliss-reactive ketones (excluding diaryl/α,β-unsaturated/α-hetero) is 1. The van der Waals surface area contributed by atoms with Crippen molar-refractivity contribution in [1.82, 2.24) is 0 Å². The van der Waals surface area contributed by atoms with E-state index in [0.717, 1.165) is 10.2 Å². The average molecular weight is 282 g/mol. The lowest BCUT2D eigenvalue weighted by Gasteiger charge is -2.17. The molecule has 16 heavy (non-hydrogen) atoms. The SMILES string of the molecule is C=CC1(C)Nc2cc(Br)c(OC)cc2C1=O. The third-order valence-electron chi connectivity index (χ3n) is 2.81. The smallest absolute Gasteiger partial charge is 0.194 e. The molecule has 0 bridgehead atoms. The summed E-state index contributed by atoms with van der Waals surface area (Å²) in [6.07, 6.45) is 1.62. The molecule has 0 aliphatic carbocycles. The summed E-state index contributed by atoms with van der Waals surface area (Å²) in [4.78, 5) is 12.1. The molecule has 0 spiro atoms. The minimum Gasteiger partial charge on any atom is -0.496 e. The predicted molar refractivity (Wildman–Crippen MR) is 67.2 cm³/mol. The van der Waals surface area contributed by atoms with Crippen LogP contribution in [0.4, 0.5) is 5.69 Å². The minimum absolute atomic E-state index is 0.0169. The number of ether oxygens (including phenoxy) is 1. The molecule has 4 heteroatoms. The Labute approximate surface area is 103 Å². The van der Waals surface area contributed by atoms with Gasteiger partial charge < -0.3 is 10.1 Å². The molecule has 0 saturated heterocycles. The van der Waals surface area contributed by atoms with Gasteiger partial charge in [-0.1, -0.05) is 6.08 Å². The van der Waals surface area contributed by atoms with Crippen LogP contribution in [0.3, 0.4) is 0 Å². The summed E-state index contributed by atoms with van der Waals surface area (Å²) in [5, 5.41) is 3.15. The number of fused-ring (bicyclic) bond motifs is 1. The van der Waals surface area contributed by atoms with Crippen molar-refractivity contribution in [1.29, 1.82) is 0 Å². The maximum atomic E-state index is 12.1. The fourth-order valence-corrected chi connectivity index (χ4v) is 2.27. The van der Waals surface area contributed by atoms with Crippen molar-refractivity contribution in [2.45, 2.75) is 12.5 Å². The number of halogens is 1. The maximum absolute atomic E-state index is 12.1. The second-order valence-electron chi connectivity index (χ2n) is 3.89. The fraction of sp³-hybridized carbons (Fsp3) is 0.250. The van der Waals surface area contributed by atoms with Gasteiger partial charge in [0.25, 0.3) is 0 Å². The van der Waals surface area contributed by atoms with E-state index in [1.807, 2.05) is 13.0 Å². The molecule has 0 aromatic heterocycles. The zero-order chi connectivity index (χ0) is 11.9. The molecule has 1 aliphatic rings. The van der Waals surface area contributed by atoms with Crippen LogP contribution in [0.1, 0.15) is 17.3 Å². The van der Waals surface area contributed by atoms with Crippen LogP contribution in [-0.2, 0) is 0 Å². The molecule has 0 fully saturated rings. The Kier molecular flexibility index (Phi) is 2.54. The molecule has 0 radical (unpaired) electrons. The summed E-state index contributed by atoms with van der Waals surface area (Å²) >= 11 is 3.39. The highest BCUT2D eigenvalue weighted by Crippen LogP contribution is 2.39. The summed E-state index contributed by atoms with van der Waals surface area (Å²) in [7, 11) is 1.58. The molecule has 1 atom stereocenters. The van der Waals surface area contributed by atoms with Crippen LogP contribution >= 0.6 is 15.9 Å². The fourth-order valence-electron chi connectivity index (χ4n) is 1.76. The highest BCUT2D eigenvalue weighted by Gasteiger charge is 2.39. The van der Waals surface area contributed by atoms with Crippen molar-refractivity contribution in [3.63, 3.8) is 0 Å². The lowest BCUT2D eigenvalue weighted by Crippen LogP contribution is -2.35. The first-order valence-corrected chi connectivity index (χ1v) is 5.65. The number of nitrogens with one attached hydrogen (secondary N) is 1. The number of methoxy groups -OCH3 is 1. The first-order chi connectivity index (χ1) is 7.51. The Morgan fingerprint density at radius 3 is 2.81 bits per heavy atom. The summed E-state index contributed by atoms with van der Waals surface area (Å²) in [5.41, 5.74) is 0.733. The van der Waals surface area contributed by atoms with Gasteiger partial charge in [0.1, 0.15) is 11.3 Å².